The maximum absolute atomic E-state index is 6.67. The van der Waals surface area contributed by atoms with E-state index in [9.17, 15) is 0 Å². The van der Waals surface area contributed by atoms with Crippen LogP contribution in [0, 0.1) is 5.92 Å². The molecule has 1 aliphatic rings. The largest absolute Gasteiger partial charge is 0.416 e. The molecule has 0 radical (unpaired) electrons. The molecule has 1 aromatic rings. The van der Waals surface area contributed by atoms with Crippen molar-refractivity contribution in [3.8, 4) is 0 Å². The molecule has 0 fully saturated rings. The van der Waals surface area contributed by atoms with Crippen LogP contribution in [-0.4, -0.2) is 14.9 Å². The molecular formula is C25H41ClOSSi. The molecule has 1 nitrogen and oxygen atoms in total. The summed E-state index contributed by atoms with van der Waals surface area (Å²) in [6.07, 6.45) is 7.45. The molecule has 1 unspecified atom stereocenters. The van der Waals surface area contributed by atoms with Crippen molar-refractivity contribution in [1.82, 2.24) is 0 Å². The number of rotatable bonds is 13. The maximum Gasteiger partial charge on any atom is 0.200 e. The van der Waals surface area contributed by atoms with Crippen molar-refractivity contribution in [2.24, 2.45) is 5.92 Å². The predicted octanol–water partition coefficient (Wildman–Crippen LogP) is 9.39. The van der Waals surface area contributed by atoms with Crippen LogP contribution in [0.3, 0.4) is 0 Å². The SMILES string of the molecule is CC(C)[Si](OCCCCCCC1CC(Sc2ccccc2)=C1Cl)(C(C)C)C(C)C. The van der Waals surface area contributed by atoms with Gasteiger partial charge in [-0.15, -0.1) is 0 Å². The summed E-state index contributed by atoms with van der Waals surface area (Å²) in [5.41, 5.74) is 2.04. The van der Waals surface area contributed by atoms with E-state index in [1.807, 2.05) is 11.8 Å². The molecule has 29 heavy (non-hydrogen) atoms. The number of benzene rings is 1. The average Bonchev–Trinajstić information content (AvgIpc) is 2.68. The highest BCUT2D eigenvalue weighted by molar-refractivity contribution is 8.03. The predicted molar refractivity (Wildman–Crippen MR) is 133 cm³/mol. The summed E-state index contributed by atoms with van der Waals surface area (Å²) in [6, 6.07) is 10.6. The Morgan fingerprint density at radius 1 is 0.931 bits per heavy atom. The first-order valence-electron chi connectivity index (χ1n) is 11.5. The van der Waals surface area contributed by atoms with E-state index in [-0.39, 0.29) is 0 Å². The Bertz CT molecular complexity index is 620. The van der Waals surface area contributed by atoms with Crippen molar-refractivity contribution in [2.45, 2.75) is 102 Å². The summed E-state index contributed by atoms with van der Waals surface area (Å²) in [6.45, 7) is 15.2. The van der Waals surface area contributed by atoms with Crippen LogP contribution < -0.4 is 0 Å². The molecule has 1 aliphatic carbocycles. The molecule has 0 saturated carbocycles. The zero-order valence-corrected chi connectivity index (χ0v) is 21.9. The van der Waals surface area contributed by atoms with Gasteiger partial charge in [0.2, 0.25) is 0 Å². The summed E-state index contributed by atoms with van der Waals surface area (Å²) in [5.74, 6) is 0.599. The standard InChI is InChI=1S/C25H41ClOSSi/c1-19(2)29(20(3)4,21(5)6)27-17-13-8-7-10-14-22-18-24(25(22)26)28-23-15-11-9-12-16-23/h9,11-12,15-16,19-22H,7-8,10,13-14,17-18H2,1-6H3. The van der Waals surface area contributed by atoms with E-state index >= 15 is 0 Å². The Kier molecular flexibility index (Phi) is 10.3. The molecule has 0 heterocycles. The van der Waals surface area contributed by atoms with Crippen molar-refractivity contribution in [2.75, 3.05) is 6.61 Å². The van der Waals surface area contributed by atoms with Crippen LogP contribution in [0.1, 0.15) is 80.1 Å². The molecule has 1 atom stereocenters. The lowest BCUT2D eigenvalue weighted by molar-refractivity contribution is 0.267. The number of hydrogen-bond acceptors (Lipinski definition) is 2. The summed E-state index contributed by atoms with van der Waals surface area (Å²) in [4.78, 5) is 2.66. The first-order valence-corrected chi connectivity index (χ1v) is 14.9. The number of thioether (sulfide) groups is 1. The molecule has 0 N–H and O–H groups in total. The third-order valence-corrected chi connectivity index (χ3v) is 14.5. The van der Waals surface area contributed by atoms with Gasteiger partial charge in [0.15, 0.2) is 8.32 Å². The van der Waals surface area contributed by atoms with Crippen LogP contribution in [0.4, 0.5) is 0 Å². The van der Waals surface area contributed by atoms with Crippen molar-refractivity contribution < 1.29 is 4.43 Å². The van der Waals surface area contributed by atoms with Gasteiger partial charge in [0.25, 0.3) is 0 Å². The first-order chi connectivity index (χ1) is 13.8. The molecule has 0 spiro atoms. The van der Waals surface area contributed by atoms with E-state index < -0.39 is 8.32 Å². The topological polar surface area (TPSA) is 9.23 Å². The first kappa shape index (κ1) is 25.0. The Morgan fingerprint density at radius 3 is 2.07 bits per heavy atom. The van der Waals surface area contributed by atoms with Crippen LogP contribution in [0.5, 0.6) is 0 Å². The molecule has 0 aromatic heterocycles. The maximum atomic E-state index is 6.67. The second-order valence-corrected chi connectivity index (χ2v) is 16.5. The molecule has 1 aromatic carbocycles. The zero-order valence-electron chi connectivity index (χ0n) is 19.3. The lowest BCUT2D eigenvalue weighted by Crippen LogP contribution is -2.47. The molecule has 0 aliphatic heterocycles. The molecule has 0 saturated heterocycles. The zero-order chi connectivity index (χ0) is 21.4. The molecule has 4 heteroatoms. The highest BCUT2D eigenvalue weighted by atomic mass is 35.5. The number of unbranched alkanes of at least 4 members (excludes halogenated alkanes) is 3. The Morgan fingerprint density at radius 2 is 1.52 bits per heavy atom. The highest BCUT2D eigenvalue weighted by Crippen LogP contribution is 2.48. The number of halogens is 1. The van der Waals surface area contributed by atoms with Crippen LogP contribution >= 0.6 is 23.4 Å². The van der Waals surface area contributed by atoms with Crippen LogP contribution in [0.15, 0.2) is 45.2 Å². The van der Waals surface area contributed by atoms with Gasteiger partial charge in [0, 0.05) is 27.4 Å². The lowest BCUT2D eigenvalue weighted by atomic mass is 9.89. The van der Waals surface area contributed by atoms with E-state index in [1.165, 1.54) is 41.9 Å². The second kappa shape index (κ2) is 12.0. The van der Waals surface area contributed by atoms with Gasteiger partial charge >= 0.3 is 0 Å². The summed E-state index contributed by atoms with van der Waals surface area (Å²) >= 11 is 8.41. The fourth-order valence-electron chi connectivity index (χ4n) is 5.05. The van der Waals surface area contributed by atoms with Crippen molar-refractivity contribution in [3.63, 3.8) is 0 Å². The van der Waals surface area contributed by atoms with Gasteiger partial charge < -0.3 is 4.43 Å². The van der Waals surface area contributed by atoms with Crippen molar-refractivity contribution in [1.29, 1.82) is 0 Å². The van der Waals surface area contributed by atoms with Gasteiger partial charge in [-0.2, -0.15) is 0 Å². The van der Waals surface area contributed by atoms with E-state index in [4.69, 9.17) is 16.0 Å². The van der Waals surface area contributed by atoms with Gasteiger partial charge in [0.05, 0.1) is 0 Å². The van der Waals surface area contributed by atoms with Crippen molar-refractivity contribution >= 4 is 31.7 Å². The van der Waals surface area contributed by atoms with Crippen LogP contribution in [0.2, 0.25) is 16.6 Å². The Balaban J connectivity index is 1.63. The monoisotopic (exact) mass is 452 g/mol. The second-order valence-electron chi connectivity index (χ2n) is 9.46. The molecule has 164 valence electrons. The normalized spacial score (nSPS) is 17.5. The van der Waals surface area contributed by atoms with Gasteiger partial charge in [-0.05, 0) is 48.0 Å². The fraction of sp³-hybridized carbons (Fsp3) is 0.680. The highest BCUT2D eigenvalue weighted by Gasteiger charge is 2.44. The Hall–Kier alpha value is -0.223. The minimum absolute atomic E-state index is 0.599. The number of allylic oxidation sites excluding steroid dienone is 2. The minimum atomic E-state index is -1.69. The van der Waals surface area contributed by atoms with Crippen LogP contribution in [0.25, 0.3) is 0 Å². The van der Waals surface area contributed by atoms with Crippen LogP contribution in [-0.2, 0) is 4.43 Å². The van der Waals surface area contributed by atoms with E-state index in [2.05, 4.69) is 71.9 Å². The Labute approximate surface area is 190 Å². The van der Waals surface area contributed by atoms with Crippen molar-refractivity contribution in [3.05, 3.63) is 40.3 Å². The van der Waals surface area contributed by atoms with Gasteiger partial charge in [-0.25, -0.2) is 0 Å². The van der Waals surface area contributed by atoms with Gasteiger partial charge in [-0.3, -0.25) is 0 Å². The summed E-state index contributed by atoms with van der Waals surface area (Å²) in [5, 5.41) is 1.11. The molecule has 0 bridgehead atoms. The quantitative estimate of drug-likeness (QED) is 0.217. The smallest absolute Gasteiger partial charge is 0.200 e. The van der Waals surface area contributed by atoms with E-state index in [1.54, 1.807) is 0 Å². The molecule has 2 rings (SSSR count). The lowest BCUT2D eigenvalue weighted by Gasteiger charge is -2.42. The fourth-order valence-corrected chi connectivity index (χ4v) is 12.1. The van der Waals surface area contributed by atoms with E-state index in [0.29, 0.717) is 22.5 Å². The molecule has 0 amide bonds. The minimum Gasteiger partial charge on any atom is -0.416 e. The number of hydrogen-bond donors (Lipinski definition) is 0. The average molecular weight is 453 g/mol. The van der Waals surface area contributed by atoms with E-state index in [0.717, 1.165) is 18.1 Å². The third-order valence-electron chi connectivity index (χ3n) is 6.55. The summed E-state index contributed by atoms with van der Waals surface area (Å²) < 4.78 is 6.67. The summed E-state index contributed by atoms with van der Waals surface area (Å²) in [7, 11) is -1.69. The van der Waals surface area contributed by atoms with Gasteiger partial charge in [0.1, 0.15) is 0 Å². The third kappa shape index (κ3) is 6.63. The molecular weight excluding hydrogens is 412 g/mol. The van der Waals surface area contributed by atoms with Gasteiger partial charge in [-0.1, -0.05) is 102 Å².